The van der Waals surface area contributed by atoms with Gasteiger partial charge in [0.25, 0.3) is 11.8 Å². The van der Waals surface area contributed by atoms with Crippen molar-refractivity contribution in [3.8, 4) is 5.75 Å². The summed E-state index contributed by atoms with van der Waals surface area (Å²) in [5.41, 5.74) is 7.32. The van der Waals surface area contributed by atoms with Gasteiger partial charge in [-0.3, -0.25) is 14.4 Å². The summed E-state index contributed by atoms with van der Waals surface area (Å²) in [5.74, 6) is -0.359. The molecule has 2 amide bonds. The van der Waals surface area contributed by atoms with E-state index in [1.54, 1.807) is 41.3 Å². The summed E-state index contributed by atoms with van der Waals surface area (Å²) < 4.78 is 17.0. The third kappa shape index (κ3) is 4.68. The molecule has 8 heteroatoms. The first-order valence-electron chi connectivity index (χ1n) is 11.3. The summed E-state index contributed by atoms with van der Waals surface area (Å²) in [6, 6.07) is 11.7. The van der Waals surface area contributed by atoms with Crippen LogP contribution in [0.15, 0.2) is 51.7 Å². The van der Waals surface area contributed by atoms with Crippen molar-refractivity contribution in [3.63, 3.8) is 0 Å². The van der Waals surface area contributed by atoms with Crippen LogP contribution in [0, 0.1) is 6.92 Å². The van der Waals surface area contributed by atoms with Gasteiger partial charge < -0.3 is 24.5 Å². The van der Waals surface area contributed by atoms with Crippen LogP contribution in [0.2, 0.25) is 0 Å². The van der Waals surface area contributed by atoms with Crippen LogP contribution in [0.5, 0.6) is 5.75 Å². The Labute approximate surface area is 197 Å². The Morgan fingerprint density at radius 2 is 1.88 bits per heavy atom. The highest BCUT2D eigenvalue weighted by Gasteiger charge is 2.42. The summed E-state index contributed by atoms with van der Waals surface area (Å²) in [5, 5.41) is 0.447. The smallest absolute Gasteiger partial charge is 0.290 e. The third-order valence-electron chi connectivity index (χ3n) is 5.69. The minimum atomic E-state index is -0.604. The van der Waals surface area contributed by atoms with Gasteiger partial charge in [-0.2, -0.15) is 0 Å². The number of hydrogen-bond donors (Lipinski definition) is 1. The molecule has 1 aromatic heterocycles. The number of benzene rings is 2. The highest BCUT2D eigenvalue weighted by Crippen LogP contribution is 2.38. The monoisotopic (exact) mass is 464 g/mol. The van der Waals surface area contributed by atoms with E-state index in [4.69, 9.17) is 19.6 Å². The topological polar surface area (TPSA) is 112 Å². The second-order valence-electron chi connectivity index (χ2n) is 8.67. The van der Waals surface area contributed by atoms with Gasteiger partial charge in [-0.25, -0.2) is 0 Å². The van der Waals surface area contributed by atoms with Gasteiger partial charge >= 0.3 is 0 Å². The molecule has 1 atom stereocenters. The van der Waals surface area contributed by atoms with Gasteiger partial charge in [-0.1, -0.05) is 23.8 Å². The summed E-state index contributed by atoms with van der Waals surface area (Å²) in [4.78, 5) is 39.6. The first-order chi connectivity index (χ1) is 16.3. The van der Waals surface area contributed by atoms with Gasteiger partial charge in [0.05, 0.1) is 23.1 Å². The molecule has 4 rings (SSSR count). The van der Waals surface area contributed by atoms with E-state index in [9.17, 15) is 14.4 Å². The Hall–Kier alpha value is -3.65. The van der Waals surface area contributed by atoms with Crippen molar-refractivity contribution in [1.29, 1.82) is 0 Å². The molecule has 3 aromatic rings. The van der Waals surface area contributed by atoms with Crippen LogP contribution in [-0.2, 0) is 9.53 Å². The molecule has 0 bridgehead atoms. The molecule has 1 aliphatic heterocycles. The van der Waals surface area contributed by atoms with Crippen LogP contribution in [0.4, 0.5) is 0 Å². The molecule has 2 aromatic carbocycles. The number of aryl methyl sites for hydroxylation is 1. The maximum absolute atomic E-state index is 13.6. The van der Waals surface area contributed by atoms with Crippen LogP contribution in [0.3, 0.4) is 0 Å². The normalized spacial score (nSPS) is 15.2. The zero-order chi connectivity index (χ0) is 24.4. The van der Waals surface area contributed by atoms with Crippen molar-refractivity contribution in [1.82, 2.24) is 4.90 Å². The number of carbonyl (C=O) groups excluding carboxylic acids is 2. The second kappa shape index (κ2) is 9.69. The largest absolute Gasteiger partial charge is 0.484 e. The molecule has 2 heterocycles. The summed E-state index contributed by atoms with van der Waals surface area (Å²) >= 11 is 0. The number of carbonyl (C=O) groups is 2. The molecular weight excluding hydrogens is 436 g/mol. The van der Waals surface area contributed by atoms with Crippen LogP contribution in [0.1, 0.15) is 53.6 Å². The van der Waals surface area contributed by atoms with Gasteiger partial charge in [-0.05, 0) is 57.0 Å². The van der Waals surface area contributed by atoms with Crippen LogP contribution < -0.4 is 15.9 Å². The third-order valence-corrected chi connectivity index (χ3v) is 5.69. The SMILES string of the molecule is Cc1ccc2oc3c(c(=O)c2c1)C(c1ccc(OCC(N)=O)cc1)N(CCCOC(C)C)C3=O. The van der Waals surface area contributed by atoms with Gasteiger partial charge in [0.2, 0.25) is 5.76 Å². The number of nitrogens with zero attached hydrogens (tertiary/aromatic N) is 1. The van der Waals surface area contributed by atoms with E-state index in [2.05, 4.69) is 0 Å². The second-order valence-corrected chi connectivity index (χ2v) is 8.67. The van der Waals surface area contributed by atoms with Crippen molar-refractivity contribution in [2.75, 3.05) is 19.8 Å². The first kappa shape index (κ1) is 23.5. The predicted molar refractivity (Wildman–Crippen MR) is 127 cm³/mol. The van der Waals surface area contributed by atoms with Crippen LogP contribution >= 0.6 is 0 Å². The lowest BCUT2D eigenvalue weighted by Crippen LogP contribution is -2.31. The summed E-state index contributed by atoms with van der Waals surface area (Å²) in [6.07, 6.45) is 0.702. The molecule has 34 heavy (non-hydrogen) atoms. The fourth-order valence-corrected chi connectivity index (χ4v) is 4.17. The van der Waals surface area contributed by atoms with E-state index in [-0.39, 0.29) is 29.8 Å². The maximum atomic E-state index is 13.6. The molecule has 1 unspecified atom stereocenters. The molecule has 0 fully saturated rings. The number of nitrogens with two attached hydrogens (primary N) is 1. The van der Waals surface area contributed by atoms with Crippen molar-refractivity contribution < 1.29 is 23.5 Å². The van der Waals surface area contributed by atoms with E-state index in [0.29, 0.717) is 41.9 Å². The molecule has 0 radical (unpaired) electrons. The Balaban J connectivity index is 1.75. The minimum Gasteiger partial charge on any atom is -0.484 e. The Kier molecular flexibility index (Phi) is 6.70. The Bertz CT molecular complexity index is 1280. The molecule has 178 valence electrons. The lowest BCUT2D eigenvalue weighted by atomic mass is 9.98. The number of fused-ring (bicyclic) bond motifs is 2. The molecule has 0 saturated carbocycles. The summed E-state index contributed by atoms with van der Waals surface area (Å²) in [7, 11) is 0. The lowest BCUT2D eigenvalue weighted by molar-refractivity contribution is -0.119. The van der Waals surface area contributed by atoms with E-state index < -0.39 is 11.9 Å². The van der Waals surface area contributed by atoms with Crippen molar-refractivity contribution in [2.24, 2.45) is 5.73 Å². The maximum Gasteiger partial charge on any atom is 0.290 e. The molecular formula is C26H28N2O6. The minimum absolute atomic E-state index is 0.0742. The first-order valence-corrected chi connectivity index (χ1v) is 11.3. The fourth-order valence-electron chi connectivity index (χ4n) is 4.17. The van der Waals surface area contributed by atoms with Crippen molar-refractivity contribution in [3.05, 3.63) is 75.1 Å². The summed E-state index contributed by atoms with van der Waals surface area (Å²) in [6.45, 7) is 6.47. The number of amides is 2. The number of hydrogen-bond acceptors (Lipinski definition) is 6. The van der Waals surface area contributed by atoms with Crippen molar-refractivity contribution in [2.45, 2.75) is 39.3 Å². The Morgan fingerprint density at radius 3 is 2.56 bits per heavy atom. The van der Waals surface area contributed by atoms with E-state index in [0.717, 1.165) is 11.1 Å². The van der Waals surface area contributed by atoms with Gasteiger partial charge in [-0.15, -0.1) is 0 Å². The molecule has 0 aliphatic carbocycles. The van der Waals surface area contributed by atoms with Crippen LogP contribution in [0.25, 0.3) is 11.0 Å². The van der Waals surface area contributed by atoms with Gasteiger partial charge in [0.1, 0.15) is 11.3 Å². The van der Waals surface area contributed by atoms with E-state index in [1.165, 1.54) is 0 Å². The zero-order valence-electron chi connectivity index (χ0n) is 19.5. The van der Waals surface area contributed by atoms with E-state index in [1.807, 2.05) is 26.8 Å². The number of ether oxygens (including phenoxy) is 2. The molecule has 0 spiro atoms. The number of rotatable bonds is 9. The van der Waals surface area contributed by atoms with E-state index >= 15 is 0 Å². The fraction of sp³-hybridized carbons (Fsp3) is 0.346. The van der Waals surface area contributed by atoms with Crippen LogP contribution in [-0.4, -0.2) is 42.6 Å². The molecule has 2 N–H and O–H groups in total. The highest BCUT2D eigenvalue weighted by atomic mass is 16.5. The number of primary amides is 1. The molecule has 0 saturated heterocycles. The lowest BCUT2D eigenvalue weighted by Gasteiger charge is -2.25. The average molecular weight is 465 g/mol. The zero-order valence-corrected chi connectivity index (χ0v) is 19.5. The quantitative estimate of drug-likeness (QED) is 0.486. The standard InChI is InChI=1S/C26H28N2O6/c1-15(2)32-12-4-11-28-23(17-6-8-18(9-7-17)33-14-21(27)29)22-24(30)19-13-16(3)5-10-20(19)34-25(22)26(28)31/h5-10,13,15,23H,4,11-12,14H2,1-3H3,(H2,27,29). The van der Waals surface area contributed by atoms with Crippen molar-refractivity contribution >= 4 is 22.8 Å². The molecule has 8 nitrogen and oxygen atoms in total. The Morgan fingerprint density at radius 1 is 1.15 bits per heavy atom. The molecule has 1 aliphatic rings. The highest BCUT2D eigenvalue weighted by molar-refractivity contribution is 5.99. The average Bonchev–Trinajstić information content (AvgIpc) is 3.08. The van der Waals surface area contributed by atoms with Gasteiger partial charge in [0, 0.05) is 13.2 Å². The predicted octanol–water partition coefficient (Wildman–Crippen LogP) is 3.33. The van der Waals surface area contributed by atoms with Gasteiger partial charge in [0.15, 0.2) is 12.0 Å².